The van der Waals surface area contributed by atoms with Crippen LogP contribution in [0, 0.1) is 6.92 Å². The maximum absolute atomic E-state index is 5.44. The monoisotopic (exact) mass is 288 g/mol. The van der Waals surface area contributed by atoms with Crippen LogP contribution in [0.15, 0.2) is 22.9 Å². The molecule has 1 N–H and O–H groups in total. The van der Waals surface area contributed by atoms with Crippen LogP contribution >= 0.6 is 0 Å². The second-order valence-electron chi connectivity index (χ2n) is 5.43. The molecule has 2 atom stereocenters. The van der Waals surface area contributed by atoms with Crippen molar-refractivity contribution in [1.29, 1.82) is 0 Å². The largest absolute Gasteiger partial charge is 0.339 e. The number of aromatic nitrogens is 3. The van der Waals surface area contributed by atoms with Gasteiger partial charge >= 0.3 is 0 Å². The number of nitrogens with zero attached hydrogens (tertiary/aromatic N) is 3. The number of aryl methyl sites for hydroxylation is 1. The highest BCUT2D eigenvalue weighted by Crippen LogP contribution is 2.22. The minimum Gasteiger partial charge on any atom is -0.339 e. The van der Waals surface area contributed by atoms with Gasteiger partial charge in [0.05, 0.1) is 5.92 Å². The minimum atomic E-state index is 0.188. The molecule has 5 nitrogen and oxygen atoms in total. The predicted octanol–water partition coefficient (Wildman–Crippen LogP) is 3.32. The Balaban J connectivity index is 2.15. The highest BCUT2D eigenvalue weighted by Gasteiger charge is 2.23. The predicted molar refractivity (Wildman–Crippen MR) is 83.1 cm³/mol. The average molecular weight is 288 g/mol. The van der Waals surface area contributed by atoms with Gasteiger partial charge in [0.1, 0.15) is 5.69 Å². The summed E-state index contributed by atoms with van der Waals surface area (Å²) in [5, 5.41) is 7.60. The van der Waals surface area contributed by atoms with Crippen molar-refractivity contribution < 1.29 is 4.52 Å². The SMILES string of the molecule is CCCNC(CC)C(C)c1nc(-c2cc(C)ccn2)no1. The van der Waals surface area contributed by atoms with E-state index in [1.165, 1.54) is 0 Å². The lowest BCUT2D eigenvalue weighted by Crippen LogP contribution is -2.33. The molecule has 0 fully saturated rings. The van der Waals surface area contributed by atoms with Crippen LogP contribution < -0.4 is 5.32 Å². The lowest BCUT2D eigenvalue weighted by Gasteiger charge is -2.20. The number of rotatable bonds is 7. The van der Waals surface area contributed by atoms with Crippen molar-refractivity contribution in [3.8, 4) is 11.5 Å². The van der Waals surface area contributed by atoms with E-state index in [1.54, 1.807) is 6.20 Å². The lowest BCUT2D eigenvalue weighted by atomic mass is 9.99. The Kier molecular flexibility index (Phi) is 5.44. The third-order valence-electron chi connectivity index (χ3n) is 3.68. The smallest absolute Gasteiger partial charge is 0.231 e. The van der Waals surface area contributed by atoms with E-state index in [0.717, 1.165) is 30.6 Å². The average Bonchev–Trinajstić information content (AvgIpc) is 2.97. The van der Waals surface area contributed by atoms with Crippen molar-refractivity contribution in [2.75, 3.05) is 6.54 Å². The van der Waals surface area contributed by atoms with Crippen LogP contribution in [0.3, 0.4) is 0 Å². The van der Waals surface area contributed by atoms with Gasteiger partial charge in [0, 0.05) is 12.2 Å². The van der Waals surface area contributed by atoms with Crippen LogP contribution in [0.4, 0.5) is 0 Å². The highest BCUT2D eigenvalue weighted by atomic mass is 16.5. The zero-order chi connectivity index (χ0) is 15.2. The minimum absolute atomic E-state index is 0.188. The van der Waals surface area contributed by atoms with Gasteiger partial charge in [-0.25, -0.2) is 0 Å². The summed E-state index contributed by atoms with van der Waals surface area (Å²) < 4.78 is 5.44. The van der Waals surface area contributed by atoms with Gasteiger partial charge < -0.3 is 9.84 Å². The van der Waals surface area contributed by atoms with Crippen LogP contribution in [0.5, 0.6) is 0 Å². The van der Waals surface area contributed by atoms with Crippen LogP contribution in [-0.2, 0) is 0 Å². The molecule has 2 heterocycles. The summed E-state index contributed by atoms with van der Waals surface area (Å²) in [4.78, 5) is 8.81. The van der Waals surface area contributed by atoms with Crippen LogP contribution in [0.1, 0.15) is 51.0 Å². The van der Waals surface area contributed by atoms with Crippen molar-refractivity contribution in [2.24, 2.45) is 0 Å². The molecule has 0 bridgehead atoms. The molecule has 114 valence electrons. The molecule has 0 aliphatic rings. The van der Waals surface area contributed by atoms with Gasteiger partial charge in [-0.3, -0.25) is 4.98 Å². The van der Waals surface area contributed by atoms with Crippen molar-refractivity contribution in [3.05, 3.63) is 29.8 Å². The first kappa shape index (κ1) is 15.6. The molecule has 5 heteroatoms. The molecule has 2 aromatic heterocycles. The Labute approximate surface area is 126 Å². The van der Waals surface area contributed by atoms with Crippen LogP contribution in [0.2, 0.25) is 0 Å². The molecule has 21 heavy (non-hydrogen) atoms. The molecule has 2 aromatic rings. The summed E-state index contributed by atoms with van der Waals surface area (Å²) in [7, 11) is 0. The van der Waals surface area contributed by atoms with Crippen molar-refractivity contribution in [3.63, 3.8) is 0 Å². The second kappa shape index (κ2) is 7.31. The summed E-state index contributed by atoms with van der Waals surface area (Å²) in [6.07, 6.45) is 3.91. The zero-order valence-electron chi connectivity index (χ0n) is 13.3. The van der Waals surface area contributed by atoms with Gasteiger partial charge in [-0.1, -0.05) is 25.9 Å². The van der Waals surface area contributed by atoms with Crippen molar-refractivity contribution in [2.45, 2.75) is 52.5 Å². The quantitative estimate of drug-likeness (QED) is 0.846. The molecule has 2 rings (SSSR count). The van der Waals surface area contributed by atoms with E-state index in [2.05, 4.69) is 41.2 Å². The van der Waals surface area contributed by atoms with E-state index in [1.807, 2.05) is 19.1 Å². The first-order valence-electron chi connectivity index (χ1n) is 7.65. The van der Waals surface area contributed by atoms with Gasteiger partial charge in [0.15, 0.2) is 0 Å². The normalized spacial score (nSPS) is 14.1. The molecular weight excluding hydrogens is 264 g/mol. The van der Waals surface area contributed by atoms with E-state index < -0.39 is 0 Å². The first-order valence-corrected chi connectivity index (χ1v) is 7.65. The Morgan fingerprint density at radius 3 is 2.81 bits per heavy atom. The molecule has 0 aliphatic heterocycles. The number of pyridine rings is 1. The van der Waals surface area contributed by atoms with Gasteiger partial charge in [-0.05, 0) is 44.0 Å². The summed E-state index contributed by atoms with van der Waals surface area (Å²) >= 11 is 0. The molecule has 0 saturated carbocycles. The summed E-state index contributed by atoms with van der Waals surface area (Å²) in [6, 6.07) is 4.27. The summed E-state index contributed by atoms with van der Waals surface area (Å²) in [5.74, 6) is 1.42. The number of hydrogen-bond donors (Lipinski definition) is 1. The summed E-state index contributed by atoms with van der Waals surface area (Å²) in [6.45, 7) is 9.49. The van der Waals surface area contributed by atoms with E-state index in [9.17, 15) is 0 Å². The third-order valence-corrected chi connectivity index (χ3v) is 3.68. The highest BCUT2D eigenvalue weighted by molar-refractivity contribution is 5.49. The molecule has 0 radical (unpaired) electrons. The van der Waals surface area contributed by atoms with E-state index >= 15 is 0 Å². The number of hydrogen-bond acceptors (Lipinski definition) is 5. The topological polar surface area (TPSA) is 63.8 Å². The second-order valence-corrected chi connectivity index (χ2v) is 5.43. The number of nitrogens with one attached hydrogen (secondary N) is 1. The zero-order valence-corrected chi connectivity index (χ0v) is 13.3. The molecule has 0 aromatic carbocycles. The fourth-order valence-electron chi connectivity index (χ4n) is 2.36. The Bertz CT molecular complexity index is 567. The fourth-order valence-corrected chi connectivity index (χ4v) is 2.36. The van der Waals surface area contributed by atoms with Gasteiger partial charge in [-0.2, -0.15) is 4.98 Å². The molecule has 0 spiro atoms. The third kappa shape index (κ3) is 3.88. The van der Waals surface area contributed by atoms with Gasteiger partial charge in [0.25, 0.3) is 0 Å². The molecule has 0 amide bonds. The molecule has 0 saturated heterocycles. The molecular formula is C16H24N4O. The van der Waals surface area contributed by atoms with Crippen molar-refractivity contribution >= 4 is 0 Å². The Morgan fingerprint density at radius 1 is 1.33 bits per heavy atom. The summed E-state index contributed by atoms with van der Waals surface area (Å²) in [5.41, 5.74) is 1.89. The van der Waals surface area contributed by atoms with E-state index in [4.69, 9.17) is 4.52 Å². The van der Waals surface area contributed by atoms with Crippen LogP contribution in [-0.4, -0.2) is 27.7 Å². The van der Waals surface area contributed by atoms with Gasteiger partial charge in [0.2, 0.25) is 11.7 Å². The van der Waals surface area contributed by atoms with Crippen molar-refractivity contribution in [1.82, 2.24) is 20.4 Å². The maximum Gasteiger partial charge on any atom is 0.231 e. The Morgan fingerprint density at radius 2 is 2.14 bits per heavy atom. The van der Waals surface area contributed by atoms with Crippen LogP contribution in [0.25, 0.3) is 11.5 Å². The van der Waals surface area contributed by atoms with Gasteiger partial charge in [-0.15, -0.1) is 0 Å². The molecule has 2 unspecified atom stereocenters. The Hall–Kier alpha value is -1.75. The standard InChI is InChI=1S/C16H24N4O/c1-5-8-17-13(6-2)12(4)16-19-15(20-21-16)14-10-11(3)7-9-18-14/h7,9-10,12-13,17H,5-6,8H2,1-4H3. The molecule has 0 aliphatic carbocycles. The van der Waals surface area contributed by atoms with E-state index in [0.29, 0.717) is 17.8 Å². The lowest BCUT2D eigenvalue weighted by molar-refractivity contribution is 0.319. The van der Waals surface area contributed by atoms with E-state index in [-0.39, 0.29) is 5.92 Å². The maximum atomic E-state index is 5.44. The fraction of sp³-hybridized carbons (Fsp3) is 0.562. The first-order chi connectivity index (χ1) is 10.2.